The maximum Gasteiger partial charge on any atom is 0.218 e. The first-order valence-electron chi connectivity index (χ1n) is 10.4. The molecular weight excluding hydrogens is 517 g/mol. The van der Waals surface area contributed by atoms with Crippen molar-refractivity contribution in [2.75, 3.05) is 45.9 Å². The summed E-state index contributed by atoms with van der Waals surface area (Å²) in [5.74, 6) is 0.373. The van der Waals surface area contributed by atoms with Crippen LogP contribution in [0, 0.1) is 0 Å². The molecule has 0 bridgehead atoms. The smallest absolute Gasteiger partial charge is 0.218 e. The number of likely N-dealkylation sites (tertiary alicyclic amines) is 1. The normalized spacial score (nSPS) is 21.4. The van der Waals surface area contributed by atoms with Crippen LogP contribution in [0.5, 0.6) is 0 Å². The van der Waals surface area contributed by atoms with Crippen molar-refractivity contribution in [2.45, 2.75) is 38.1 Å². The molecule has 0 amide bonds. The molecule has 2 heterocycles. The van der Waals surface area contributed by atoms with Crippen molar-refractivity contribution in [1.82, 2.24) is 14.5 Å². The van der Waals surface area contributed by atoms with E-state index in [1.54, 1.807) is 0 Å². The van der Waals surface area contributed by atoms with Crippen LogP contribution in [0.2, 0.25) is 0 Å². The Morgan fingerprint density at radius 3 is 2.63 bits per heavy atom. The minimum Gasteiger partial charge on any atom is -0.379 e. The second-order valence-electron chi connectivity index (χ2n) is 7.54. The first-order valence-corrected chi connectivity index (χ1v) is 12.0. The first-order chi connectivity index (χ1) is 14.0. The number of benzene rings is 1. The van der Waals surface area contributed by atoms with E-state index in [2.05, 4.69) is 22.1 Å². The molecule has 0 radical (unpaired) electrons. The fraction of sp³-hybridized carbons (Fsp3) is 0.650. The van der Waals surface area contributed by atoms with E-state index in [9.17, 15) is 8.42 Å². The van der Waals surface area contributed by atoms with E-state index < -0.39 is 10.0 Å². The van der Waals surface area contributed by atoms with Crippen molar-refractivity contribution in [3.05, 3.63) is 35.4 Å². The van der Waals surface area contributed by atoms with E-state index in [-0.39, 0.29) is 29.7 Å². The van der Waals surface area contributed by atoms with Crippen LogP contribution in [0.25, 0.3) is 0 Å². The highest BCUT2D eigenvalue weighted by Crippen LogP contribution is 2.18. The lowest BCUT2D eigenvalue weighted by molar-refractivity contribution is 0.0729. The van der Waals surface area contributed by atoms with Crippen molar-refractivity contribution >= 4 is 40.0 Å². The fourth-order valence-corrected chi connectivity index (χ4v) is 5.52. The number of sulfonamides is 1. The number of rotatable bonds is 8. The number of hydrogen-bond acceptors (Lipinski definition) is 5. The van der Waals surface area contributed by atoms with Crippen LogP contribution in [0.3, 0.4) is 0 Å². The van der Waals surface area contributed by atoms with Gasteiger partial charge in [-0.25, -0.2) is 13.4 Å². The Morgan fingerprint density at radius 1 is 1.23 bits per heavy atom. The molecule has 0 saturated carbocycles. The summed E-state index contributed by atoms with van der Waals surface area (Å²) in [6.45, 7) is 7.24. The monoisotopic (exact) mass is 551 g/mol. The molecule has 0 spiro atoms. The standard InChI is InChI=1S/C20H33N5O3S.HI/c1-2-24-9-5-8-19(24)15-23-20(21)22-14-17-6-3-4-7-18(17)16-29(26,27)25-10-12-28-13-11-25;/h3-4,6-7,19H,2,5,8-16H2,1H3,(H3,21,22,23);1H. The summed E-state index contributed by atoms with van der Waals surface area (Å²) in [6.07, 6.45) is 2.40. The second-order valence-corrected chi connectivity index (χ2v) is 9.51. The average molecular weight is 551 g/mol. The van der Waals surface area contributed by atoms with Crippen molar-refractivity contribution in [3.8, 4) is 0 Å². The van der Waals surface area contributed by atoms with E-state index in [0.717, 1.165) is 30.8 Å². The lowest BCUT2D eigenvalue weighted by Crippen LogP contribution is -2.42. The van der Waals surface area contributed by atoms with E-state index in [0.29, 0.717) is 44.8 Å². The summed E-state index contributed by atoms with van der Waals surface area (Å²) in [7, 11) is -3.38. The third-order valence-electron chi connectivity index (χ3n) is 5.66. The molecule has 1 aromatic rings. The highest BCUT2D eigenvalue weighted by Gasteiger charge is 2.25. The van der Waals surface area contributed by atoms with E-state index in [1.165, 1.54) is 17.1 Å². The Labute approximate surface area is 197 Å². The van der Waals surface area contributed by atoms with Crippen LogP contribution < -0.4 is 11.1 Å². The highest BCUT2D eigenvalue weighted by molar-refractivity contribution is 14.0. The van der Waals surface area contributed by atoms with E-state index in [1.807, 2.05) is 24.3 Å². The molecule has 1 atom stereocenters. The van der Waals surface area contributed by atoms with Crippen LogP contribution in [0.4, 0.5) is 0 Å². The Bertz CT molecular complexity index is 799. The molecule has 8 nitrogen and oxygen atoms in total. The van der Waals surface area contributed by atoms with Gasteiger partial charge in [-0.05, 0) is 37.1 Å². The van der Waals surface area contributed by atoms with Gasteiger partial charge in [0.25, 0.3) is 0 Å². The largest absolute Gasteiger partial charge is 0.379 e. The van der Waals surface area contributed by atoms with Gasteiger partial charge in [0.2, 0.25) is 10.0 Å². The number of likely N-dealkylation sites (N-methyl/N-ethyl adjacent to an activating group) is 1. The summed E-state index contributed by atoms with van der Waals surface area (Å²) in [5.41, 5.74) is 7.71. The number of hydrogen-bond donors (Lipinski definition) is 2. The summed E-state index contributed by atoms with van der Waals surface area (Å²) < 4.78 is 32.3. The predicted molar refractivity (Wildman–Crippen MR) is 130 cm³/mol. The summed E-state index contributed by atoms with van der Waals surface area (Å²) in [4.78, 5) is 6.90. The highest BCUT2D eigenvalue weighted by atomic mass is 127. The predicted octanol–water partition coefficient (Wildman–Crippen LogP) is 1.36. The molecule has 0 aromatic heterocycles. The van der Waals surface area contributed by atoms with E-state index in [4.69, 9.17) is 10.5 Å². The van der Waals surface area contributed by atoms with Crippen LogP contribution in [0.15, 0.2) is 29.3 Å². The zero-order valence-corrected chi connectivity index (χ0v) is 20.8. The zero-order valence-electron chi connectivity index (χ0n) is 17.6. The Kier molecular flexibility index (Phi) is 10.3. The van der Waals surface area contributed by atoms with Gasteiger partial charge in [0.05, 0.1) is 25.5 Å². The molecular formula is C20H34IN5O3S. The van der Waals surface area contributed by atoms with Crippen molar-refractivity contribution in [1.29, 1.82) is 0 Å². The Hall–Kier alpha value is -0.950. The zero-order chi connectivity index (χ0) is 20.7. The maximum atomic E-state index is 12.7. The van der Waals surface area contributed by atoms with Crippen LogP contribution in [0.1, 0.15) is 30.9 Å². The average Bonchev–Trinajstić information content (AvgIpc) is 3.19. The number of aliphatic imine (C=N–C) groups is 1. The fourth-order valence-electron chi connectivity index (χ4n) is 3.96. The van der Waals surface area contributed by atoms with Gasteiger partial charge in [0.1, 0.15) is 0 Å². The van der Waals surface area contributed by atoms with Gasteiger partial charge >= 0.3 is 0 Å². The molecule has 2 aliphatic heterocycles. The van der Waals surface area contributed by atoms with Crippen molar-refractivity contribution in [2.24, 2.45) is 10.7 Å². The number of ether oxygens (including phenoxy) is 1. The number of nitrogens with zero attached hydrogens (tertiary/aromatic N) is 3. The van der Waals surface area contributed by atoms with E-state index >= 15 is 0 Å². The second kappa shape index (κ2) is 12.2. The summed E-state index contributed by atoms with van der Waals surface area (Å²) >= 11 is 0. The van der Waals surface area contributed by atoms with Crippen molar-refractivity contribution in [3.63, 3.8) is 0 Å². The number of nitrogens with two attached hydrogens (primary N) is 1. The van der Waals surface area contributed by atoms with Gasteiger partial charge in [-0.15, -0.1) is 24.0 Å². The van der Waals surface area contributed by atoms with Gasteiger partial charge in [-0.1, -0.05) is 31.2 Å². The number of guanidine groups is 1. The molecule has 2 aliphatic rings. The molecule has 3 rings (SSSR count). The third kappa shape index (κ3) is 7.04. The molecule has 2 fully saturated rings. The molecule has 30 heavy (non-hydrogen) atoms. The minimum atomic E-state index is -3.38. The SMILES string of the molecule is CCN1CCCC1CNC(N)=NCc1ccccc1CS(=O)(=O)N1CCOCC1.I. The molecule has 1 aromatic carbocycles. The Balaban J connectivity index is 0.00000320. The lowest BCUT2D eigenvalue weighted by atomic mass is 10.1. The van der Waals surface area contributed by atoms with Crippen LogP contribution in [-0.4, -0.2) is 75.6 Å². The van der Waals surface area contributed by atoms with Crippen molar-refractivity contribution < 1.29 is 13.2 Å². The topological polar surface area (TPSA) is 100 Å². The number of morpholine rings is 1. The molecule has 3 N–H and O–H groups in total. The van der Waals surface area contributed by atoms with Gasteiger partial charge in [-0.2, -0.15) is 4.31 Å². The lowest BCUT2D eigenvalue weighted by Gasteiger charge is -2.26. The molecule has 10 heteroatoms. The molecule has 170 valence electrons. The minimum absolute atomic E-state index is 0. The van der Waals surface area contributed by atoms with Crippen LogP contribution in [-0.2, 0) is 27.1 Å². The Morgan fingerprint density at radius 2 is 1.93 bits per heavy atom. The maximum absolute atomic E-state index is 12.7. The summed E-state index contributed by atoms with van der Waals surface area (Å²) in [6, 6.07) is 8.02. The molecule has 0 aliphatic carbocycles. The number of nitrogens with one attached hydrogen (secondary N) is 1. The van der Waals surface area contributed by atoms with Crippen LogP contribution >= 0.6 is 24.0 Å². The quantitative estimate of drug-likeness (QED) is 0.288. The third-order valence-corrected chi connectivity index (χ3v) is 7.49. The van der Waals surface area contributed by atoms with Gasteiger partial charge in [0.15, 0.2) is 5.96 Å². The molecule has 1 unspecified atom stereocenters. The van der Waals surface area contributed by atoms with Gasteiger partial charge in [0, 0.05) is 25.7 Å². The van der Waals surface area contributed by atoms with Gasteiger partial charge in [-0.3, -0.25) is 4.90 Å². The molecule has 2 saturated heterocycles. The first kappa shape index (κ1) is 25.3. The van der Waals surface area contributed by atoms with Gasteiger partial charge < -0.3 is 15.8 Å². The summed E-state index contributed by atoms with van der Waals surface area (Å²) in [5, 5.41) is 3.22. The number of halogens is 1.